The van der Waals surface area contributed by atoms with E-state index >= 15 is 0 Å². The third-order valence-corrected chi connectivity index (χ3v) is 4.50. The maximum absolute atomic E-state index is 10.4. The third-order valence-electron chi connectivity index (χ3n) is 4.50. The molecule has 1 aromatic carbocycles. The molecule has 1 aromatic rings. The summed E-state index contributed by atoms with van der Waals surface area (Å²) in [6.07, 6.45) is 2.55. The van der Waals surface area contributed by atoms with Crippen LogP contribution in [0.5, 0.6) is 5.75 Å². The van der Waals surface area contributed by atoms with Gasteiger partial charge in [0.1, 0.15) is 5.75 Å². The summed E-state index contributed by atoms with van der Waals surface area (Å²) in [6, 6.07) is 6.37. The largest absolute Gasteiger partial charge is 0.496 e. The first-order valence-corrected chi connectivity index (χ1v) is 7.20. The molecule has 19 heavy (non-hydrogen) atoms. The molecule has 3 nitrogen and oxygen atoms in total. The molecule has 1 unspecified atom stereocenters. The Hall–Kier alpha value is -1.06. The zero-order valence-electron chi connectivity index (χ0n) is 12.2. The molecule has 1 atom stereocenters. The monoisotopic (exact) mass is 263 g/mol. The van der Waals surface area contributed by atoms with Crippen LogP contribution in [-0.2, 0) is 11.8 Å². The lowest BCUT2D eigenvalue weighted by Gasteiger charge is -2.41. The van der Waals surface area contributed by atoms with Gasteiger partial charge in [0.25, 0.3) is 0 Å². The highest BCUT2D eigenvalue weighted by Crippen LogP contribution is 2.42. The van der Waals surface area contributed by atoms with E-state index in [1.807, 2.05) is 13.0 Å². The fourth-order valence-electron chi connectivity index (χ4n) is 3.15. The van der Waals surface area contributed by atoms with Crippen molar-refractivity contribution in [2.24, 2.45) is 0 Å². The lowest BCUT2D eigenvalue weighted by Crippen LogP contribution is -2.47. The summed E-state index contributed by atoms with van der Waals surface area (Å²) < 4.78 is 5.54. The van der Waals surface area contributed by atoms with Gasteiger partial charge in [-0.15, -0.1) is 0 Å². The van der Waals surface area contributed by atoms with Gasteiger partial charge in [-0.1, -0.05) is 19.1 Å². The van der Waals surface area contributed by atoms with Gasteiger partial charge in [0.2, 0.25) is 0 Å². The Balaban J connectivity index is 2.51. The van der Waals surface area contributed by atoms with Crippen molar-refractivity contribution in [2.45, 2.75) is 44.6 Å². The van der Waals surface area contributed by atoms with E-state index in [1.54, 1.807) is 7.11 Å². The molecule has 1 fully saturated rings. The summed E-state index contributed by atoms with van der Waals surface area (Å²) in [4.78, 5) is 0. The first-order chi connectivity index (χ1) is 9.14. The minimum absolute atomic E-state index is 0.179. The molecule has 1 aliphatic rings. The summed E-state index contributed by atoms with van der Waals surface area (Å²) in [5.41, 5.74) is 2.29. The molecule has 1 heterocycles. The van der Waals surface area contributed by atoms with Crippen molar-refractivity contribution in [3.05, 3.63) is 29.3 Å². The second kappa shape index (κ2) is 5.93. The van der Waals surface area contributed by atoms with Crippen molar-refractivity contribution in [1.29, 1.82) is 0 Å². The Bertz CT molecular complexity index is 423. The fourth-order valence-corrected chi connectivity index (χ4v) is 3.15. The van der Waals surface area contributed by atoms with Crippen LogP contribution < -0.4 is 10.1 Å². The molecule has 1 aliphatic heterocycles. The van der Waals surface area contributed by atoms with Gasteiger partial charge in [-0.05, 0) is 50.9 Å². The third kappa shape index (κ3) is 2.63. The quantitative estimate of drug-likeness (QED) is 0.875. The molecular formula is C16H25NO2. The predicted octanol–water partition coefficient (Wildman–Crippen LogP) is 2.26. The van der Waals surface area contributed by atoms with Gasteiger partial charge in [-0.2, -0.15) is 0 Å². The topological polar surface area (TPSA) is 41.5 Å². The van der Waals surface area contributed by atoms with Crippen LogP contribution in [0.2, 0.25) is 0 Å². The molecule has 0 saturated carbocycles. The highest BCUT2D eigenvalue weighted by atomic mass is 16.5. The smallest absolute Gasteiger partial charge is 0.122 e. The van der Waals surface area contributed by atoms with Gasteiger partial charge in [0, 0.05) is 11.0 Å². The number of benzene rings is 1. The zero-order valence-corrected chi connectivity index (χ0v) is 12.2. The number of aliphatic hydroxyl groups is 1. The summed E-state index contributed by atoms with van der Waals surface area (Å²) in [7, 11) is 1.71. The van der Waals surface area contributed by atoms with E-state index in [4.69, 9.17) is 4.74 Å². The van der Waals surface area contributed by atoms with Crippen molar-refractivity contribution in [3.63, 3.8) is 0 Å². The first-order valence-electron chi connectivity index (χ1n) is 7.20. The van der Waals surface area contributed by atoms with E-state index in [0.717, 1.165) is 38.1 Å². The van der Waals surface area contributed by atoms with Crippen LogP contribution in [0.3, 0.4) is 0 Å². The van der Waals surface area contributed by atoms with Crippen molar-refractivity contribution in [3.8, 4) is 5.75 Å². The maximum Gasteiger partial charge on any atom is 0.122 e. The maximum atomic E-state index is 10.4. The van der Waals surface area contributed by atoms with Crippen LogP contribution in [0, 0.1) is 0 Å². The lowest BCUT2D eigenvalue weighted by atomic mass is 9.69. The van der Waals surface area contributed by atoms with Crippen molar-refractivity contribution in [1.82, 2.24) is 5.32 Å². The normalized spacial score (nSPS) is 20.0. The SMILES string of the molecule is CCc1ccc(OC)c(C2(C(C)O)CCNCC2)c1. The molecule has 2 rings (SSSR count). The molecule has 0 aromatic heterocycles. The van der Waals surface area contributed by atoms with Gasteiger partial charge in [0.05, 0.1) is 13.2 Å². The molecule has 0 amide bonds. The standard InChI is InChI=1S/C16H25NO2/c1-4-13-5-6-15(19-3)14(11-13)16(12(2)18)7-9-17-10-8-16/h5-6,11-12,17-18H,4,7-10H2,1-3H3. The second-order valence-electron chi connectivity index (χ2n) is 5.47. The average molecular weight is 263 g/mol. The highest BCUT2D eigenvalue weighted by molar-refractivity contribution is 5.44. The summed E-state index contributed by atoms with van der Waals surface area (Å²) in [5.74, 6) is 0.903. The number of hydrogen-bond donors (Lipinski definition) is 2. The number of methoxy groups -OCH3 is 1. The van der Waals surface area contributed by atoms with Crippen LogP contribution in [0.25, 0.3) is 0 Å². The van der Waals surface area contributed by atoms with Gasteiger partial charge in [-0.25, -0.2) is 0 Å². The first kappa shape index (κ1) is 14.4. The molecule has 0 aliphatic carbocycles. The lowest BCUT2D eigenvalue weighted by molar-refractivity contribution is 0.0714. The average Bonchev–Trinajstić information content (AvgIpc) is 2.47. The molecule has 106 valence electrons. The van der Waals surface area contributed by atoms with Crippen LogP contribution in [0.15, 0.2) is 18.2 Å². The predicted molar refractivity (Wildman–Crippen MR) is 77.8 cm³/mol. The number of ether oxygens (including phenoxy) is 1. The van der Waals surface area contributed by atoms with E-state index < -0.39 is 0 Å². The Morgan fingerprint density at radius 2 is 2.05 bits per heavy atom. The Morgan fingerprint density at radius 3 is 2.58 bits per heavy atom. The van der Waals surface area contributed by atoms with Crippen LogP contribution in [-0.4, -0.2) is 31.4 Å². The molecule has 3 heteroatoms. The minimum atomic E-state index is -0.365. The Kier molecular flexibility index (Phi) is 4.48. The van der Waals surface area contributed by atoms with E-state index in [1.165, 1.54) is 11.1 Å². The molecule has 1 saturated heterocycles. The molecule has 2 N–H and O–H groups in total. The van der Waals surface area contributed by atoms with Crippen molar-refractivity contribution >= 4 is 0 Å². The number of nitrogens with one attached hydrogen (secondary N) is 1. The van der Waals surface area contributed by atoms with Crippen molar-refractivity contribution < 1.29 is 9.84 Å². The molecular weight excluding hydrogens is 238 g/mol. The van der Waals surface area contributed by atoms with E-state index in [2.05, 4.69) is 24.4 Å². The van der Waals surface area contributed by atoms with Gasteiger partial charge in [0.15, 0.2) is 0 Å². The fraction of sp³-hybridized carbons (Fsp3) is 0.625. The van der Waals surface area contributed by atoms with E-state index in [9.17, 15) is 5.11 Å². The van der Waals surface area contributed by atoms with Crippen LogP contribution in [0.4, 0.5) is 0 Å². The number of rotatable bonds is 4. The van der Waals surface area contributed by atoms with E-state index in [0.29, 0.717) is 0 Å². The molecule has 0 radical (unpaired) electrons. The van der Waals surface area contributed by atoms with Gasteiger partial charge >= 0.3 is 0 Å². The summed E-state index contributed by atoms with van der Waals surface area (Å²) in [6.45, 7) is 5.96. The van der Waals surface area contributed by atoms with E-state index in [-0.39, 0.29) is 11.5 Å². The minimum Gasteiger partial charge on any atom is -0.496 e. The Morgan fingerprint density at radius 1 is 1.37 bits per heavy atom. The number of aliphatic hydroxyl groups excluding tert-OH is 1. The number of piperidine rings is 1. The summed E-state index contributed by atoms with van der Waals surface area (Å²) >= 11 is 0. The number of aryl methyl sites for hydroxylation is 1. The van der Waals surface area contributed by atoms with Crippen LogP contribution in [0.1, 0.15) is 37.8 Å². The van der Waals surface area contributed by atoms with Gasteiger partial charge in [-0.3, -0.25) is 0 Å². The summed E-state index contributed by atoms with van der Waals surface area (Å²) in [5, 5.41) is 13.8. The van der Waals surface area contributed by atoms with Crippen LogP contribution >= 0.6 is 0 Å². The number of hydrogen-bond acceptors (Lipinski definition) is 3. The Labute approximate surface area is 116 Å². The zero-order chi connectivity index (χ0) is 13.9. The highest BCUT2D eigenvalue weighted by Gasteiger charge is 2.40. The molecule has 0 bridgehead atoms. The second-order valence-corrected chi connectivity index (χ2v) is 5.47. The molecule has 0 spiro atoms. The van der Waals surface area contributed by atoms with Crippen molar-refractivity contribution in [2.75, 3.05) is 20.2 Å². The van der Waals surface area contributed by atoms with Gasteiger partial charge < -0.3 is 15.2 Å².